The number of carbonyl (C=O) groups is 2. The highest BCUT2D eigenvalue weighted by Gasteiger charge is 2.32. The Morgan fingerprint density at radius 2 is 2.15 bits per heavy atom. The van der Waals surface area contributed by atoms with Crippen molar-refractivity contribution in [2.75, 3.05) is 11.9 Å². The van der Waals surface area contributed by atoms with Crippen LogP contribution in [0.15, 0.2) is 12.3 Å². The third-order valence-electron chi connectivity index (χ3n) is 3.82. The predicted molar refractivity (Wildman–Crippen MR) is 79.7 cm³/mol. The zero-order valence-corrected chi connectivity index (χ0v) is 12.3. The molecule has 1 fully saturated rings. The summed E-state index contributed by atoms with van der Waals surface area (Å²) in [6, 6.07) is 1.59. The van der Waals surface area contributed by atoms with Crippen LogP contribution in [0.25, 0.3) is 0 Å². The molecule has 6 nitrogen and oxygen atoms in total. The number of carbonyl (C=O) groups excluding carboxylic acids is 2. The number of aromatic nitrogens is 1. The van der Waals surface area contributed by atoms with Gasteiger partial charge in [0.2, 0.25) is 5.91 Å². The zero-order chi connectivity index (χ0) is 14.0. The van der Waals surface area contributed by atoms with Crippen molar-refractivity contribution >= 4 is 29.9 Å². The van der Waals surface area contributed by atoms with E-state index >= 15 is 0 Å². The summed E-state index contributed by atoms with van der Waals surface area (Å²) < 4.78 is 1.60. The Morgan fingerprint density at radius 3 is 2.70 bits per heavy atom. The molecule has 0 aliphatic heterocycles. The van der Waals surface area contributed by atoms with Crippen molar-refractivity contribution in [2.24, 2.45) is 30.4 Å². The monoisotopic (exact) mass is 300 g/mol. The molecule has 0 aromatic carbocycles. The van der Waals surface area contributed by atoms with Crippen LogP contribution in [0.4, 0.5) is 5.69 Å². The molecular formula is C13H21ClN4O2. The van der Waals surface area contributed by atoms with E-state index in [1.54, 1.807) is 23.9 Å². The number of amides is 2. The number of nitrogens with one attached hydrogen (secondary N) is 1. The summed E-state index contributed by atoms with van der Waals surface area (Å²) in [5, 5.41) is 2.84. The molecule has 0 unspecified atom stereocenters. The summed E-state index contributed by atoms with van der Waals surface area (Å²) in [6.07, 6.45) is 4.62. The molecule has 1 saturated carbocycles. The van der Waals surface area contributed by atoms with Crippen molar-refractivity contribution in [1.82, 2.24) is 4.57 Å². The van der Waals surface area contributed by atoms with E-state index < -0.39 is 5.91 Å². The van der Waals surface area contributed by atoms with Gasteiger partial charge in [-0.3, -0.25) is 9.59 Å². The van der Waals surface area contributed by atoms with E-state index in [9.17, 15) is 9.59 Å². The maximum absolute atomic E-state index is 12.2. The Balaban J connectivity index is 0.00000200. The first-order valence-electron chi connectivity index (χ1n) is 6.50. The van der Waals surface area contributed by atoms with E-state index in [2.05, 4.69) is 5.32 Å². The first-order chi connectivity index (χ1) is 9.02. The number of hydrogen-bond acceptors (Lipinski definition) is 3. The minimum atomic E-state index is -0.510. The number of nitrogens with two attached hydrogens (primary N) is 2. The standard InChI is InChI=1S/C13H20N4O2.ClH/c1-17-7-9(5-11(17)12(15)18)16-13(19)10-4-2-3-8(10)6-14;/h5,7-8,10H,2-4,6,14H2,1H3,(H2,15,18)(H,16,19);1H/t8-,10-;/m1./s1. The number of aryl methyl sites for hydroxylation is 1. The highest BCUT2D eigenvalue weighted by Crippen LogP contribution is 2.31. The molecule has 0 saturated heterocycles. The molecule has 1 aromatic rings. The maximum Gasteiger partial charge on any atom is 0.265 e. The van der Waals surface area contributed by atoms with Crippen LogP contribution in [0.1, 0.15) is 29.8 Å². The zero-order valence-electron chi connectivity index (χ0n) is 11.5. The molecule has 2 atom stereocenters. The normalized spacial score (nSPS) is 21.3. The van der Waals surface area contributed by atoms with Gasteiger partial charge >= 0.3 is 0 Å². The fourth-order valence-electron chi connectivity index (χ4n) is 2.78. The van der Waals surface area contributed by atoms with Crippen LogP contribution < -0.4 is 16.8 Å². The van der Waals surface area contributed by atoms with Crippen molar-refractivity contribution in [1.29, 1.82) is 0 Å². The average molecular weight is 301 g/mol. The highest BCUT2D eigenvalue weighted by atomic mass is 35.5. The topological polar surface area (TPSA) is 103 Å². The molecule has 20 heavy (non-hydrogen) atoms. The summed E-state index contributed by atoms with van der Waals surface area (Å²) in [7, 11) is 1.72. The second kappa shape index (κ2) is 6.76. The third-order valence-corrected chi connectivity index (χ3v) is 3.82. The Morgan fingerprint density at radius 1 is 1.45 bits per heavy atom. The van der Waals surface area contributed by atoms with E-state index in [4.69, 9.17) is 11.5 Å². The number of halogens is 1. The van der Waals surface area contributed by atoms with Crippen LogP contribution in [-0.4, -0.2) is 22.9 Å². The van der Waals surface area contributed by atoms with Crippen molar-refractivity contribution in [2.45, 2.75) is 19.3 Å². The first-order valence-corrected chi connectivity index (χ1v) is 6.50. The van der Waals surface area contributed by atoms with Crippen LogP contribution >= 0.6 is 12.4 Å². The molecule has 1 aliphatic carbocycles. The van der Waals surface area contributed by atoms with Gasteiger partial charge < -0.3 is 21.4 Å². The summed E-state index contributed by atoms with van der Waals surface area (Å²) in [5.74, 6) is -0.292. The number of anilines is 1. The van der Waals surface area contributed by atoms with Gasteiger partial charge in [-0.1, -0.05) is 6.42 Å². The van der Waals surface area contributed by atoms with Gasteiger partial charge in [-0.15, -0.1) is 12.4 Å². The molecule has 0 bridgehead atoms. The second-order valence-electron chi connectivity index (χ2n) is 5.11. The van der Waals surface area contributed by atoms with E-state index in [-0.39, 0.29) is 30.2 Å². The summed E-state index contributed by atoms with van der Waals surface area (Å²) in [4.78, 5) is 23.3. The Bertz CT molecular complexity index is 501. The highest BCUT2D eigenvalue weighted by molar-refractivity contribution is 5.96. The lowest BCUT2D eigenvalue weighted by Crippen LogP contribution is -2.29. The molecule has 0 radical (unpaired) electrons. The predicted octanol–water partition coefficient (Wildman–Crippen LogP) is 0.859. The lowest BCUT2D eigenvalue weighted by Gasteiger charge is -2.16. The number of primary amides is 1. The van der Waals surface area contributed by atoms with Gasteiger partial charge in [0, 0.05) is 19.2 Å². The van der Waals surface area contributed by atoms with Crippen molar-refractivity contribution in [3.05, 3.63) is 18.0 Å². The van der Waals surface area contributed by atoms with E-state index in [1.807, 2.05) is 0 Å². The number of nitrogens with zero attached hydrogens (tertiary/aromatic N) is 1. The molecule has 1 heterocycles. The lowest BCUT2D eigenvalue weighted by molar-refractivity contribution is -0.120. The van der Waals surface area contributed by atoms with Crippen LogP contribution in [-0.2, 0) is 11.8 Å². The van der Waals surface area contributed by atoms with Crippen molar-refractivity contribution in [3.63, 3.8) is 0 Å². The molecule has 1 aromatic heterocycles. The molecule has 0 spiro atoms. The smallest absolute Gasteiger partial charge is 0.265 e. The molecule has 2 rings (SSSR count). The van der Waals surface area contributed by atoms with Gasteiger partial charge in [0.15, 0.2) is 0 Å². The molecule has 112 valence electrons. The first kappa shape index (κ1) is 16.5. The molecular weight excluding hydrogens is 280 g/mol. The quantitative estimate of drug-likeness (QED) is 0.768. The van der Waals surface area contributed by atoms with Crippen molar-refractivity contribution < 1.29 is 9.59 Å². The van der Waals surface area contributed by atoms with Crippen LogP contribution in [0, 0.1) is 11.8 Å². The fourth-order valence-corrected chi connectivity index (χ4v) is 2.78. The number of hydrogen-bond donors (Lipinski definition) is 3. The largest absolute Gasteiger partial charge is 0.364 e. The fraction of sp³-hybridized carbons (Fsp3) is 0.538. The summed E-state index contributed by atoms with van der Waals surface area (Å²) in [5.41, 5.74) is 11.9. The van der Waals surface area contributed by atoms with Gasteiger partial charge in [-0.05, 0) is 31.4 Å². The summed E-state index contributed by atoms with van der Waals surface area (Å²) >= 11 is 0. The SMILES string of the molecule is Cl.Cn1cc(NC(=O)[C@@H]2CCC[C@@H]2CN)cc1C(N)=O. The Hall–Kier alpha value is -1.53. The van der Waals surface area contributed by atoms with Gasteiger partial charge in [-0.2, -0.15) is 0 Å². The molecule has 2 amide bonds. The Kier molecular flexibility index (Phi) is 5.59. The van der Waals surface area contributed by atoms with Gasteiger partial charge in [-0.25, -0.2) is 0 Å². The average Bonchev–Trinajstić information content (AvgIpc) is 2.95. The second-order valence-corrected chi connectivity index (χ2v) is 5.11. The van der Waals surface area contributed by atoms with E-state index in [0.717, 1.165) is 19.3 Å². The molecule has 1 aliphatic rings. The van der Waals surface area contributed by atoms with E-state index in [1.165, 1.54) is 0 Å². The Labute approximate surface area is 124 Å². The van der Waals surface area contributed by atoms with Crippen molar-refractivity contribution in [3.8, 4) is 0 Å². The van der Waals surface area contributed by atoms with Crippen LogP contribution in [0.5, 0.6) is 0 Å². The van der Waals surface area contributed by atoms with Gasteiger partial charge in [0.25, 0.3) is 5.91 Å². The minimum Gasteiger partial charge on any atom is -0.364 e. The van der Waals surface area contributed by atoms with E-state index in [0.29, 0.717) is 17.9 Å². The molecule has 7 heteroatoms. The number of rotatable bonds is 4. The maximum atomic E-state index is 12.2. The minimum absolute atomic E-state index is 0. The van der Waals surface area contributed by atoms with Crippen LogP contribution in [0.2, 0.25) is 0 Å². The lowest BCUT2D eigenvalue weighted by atomic mass is 9.95. The molecule has 5 N–H and O–H groups in total. The third kappa shape index (κ3) is 3.32. The van der Waals surface area contributed by atoms with Crippen LogP contribution in [0.3, 0.4) is 0 Å². The summed E-state index contributed by atoms with van der Waals surface area (Å²) in [6.45, 7) is 0.541. The van der Waals surface area contributed by atoms with Gasteiger partial charge in [0.1, 0.15) is 5.69 Å². The van der Waals surface area contributed by atoms with Gasteiger partial charge in [0.05, 0.1) is 5.69 Å².